The van der Waals surface area contributed by atoms with Gasteiger partial charge in [0, 0.05) is 30.1 Å². The van der Waals surface area contributed by atoms with Gasteiger partial charge in [0.25, 0.3) is 5.91 Å². The molecule has 0 radical (unpaired) electrons. The van der Waals surface area contributed by atoms with Crippen LogP contribution in [0.3, 0.4) is 0 Å². The molecular weight excluding hydrogens is 636 g/mol. The Morgan fingerprint density at radius 3 is 2.67 bits per heavy atom. The number of nitrogens with one attached hydrogen (secondary N) is 4. The van der Waals surface area contributed by atoms with Gasteiger partial charge in [0.1, 0.15) is 17.7 Å². The highest BCUT2D eigenvalue weighted by Crippen LogP contribution is 2.46. The Morgan fingerprint density at radius 2 is 1.90 bits per heavy atom. The first-order chi connectivity index (χ1) is 22.9. The number of pyridine rings is 1. The number of ether oxygens (including phenoxy) is 1. The molecule has 1 aromatic heterocycles. The van der Waals surface area contributed by atoms with Crippen molar-refractivity contribution < 1.29 is 32.3 Å². The van der Waals surface area contributed by atoms with Gasteiger partial charge >= 0.3 is 12.1 Å². The Hall–Kier alpha value is -4.46. The van der Waals surface area contributed by atoms with Crippen LogP contribution in [0.1, 0.15) is 62.6 Å². The number of aromatic nitrogens is 1. The molecule has 4 atom stereocenters. The van der Waals surface area contributed by atoms with Crippen LogP contribution in [-0.2, 0) is 24.3 Å². The number of sulfonamides is 1. The summed E-state index contributed by atoms with van der Waals surface area (Å²) in [6.45, 7) is 4.15. The monoisotopic (exact) mass is 678 g/mol. The fourth-order valence-corrected chi connectivity index (χ4v) is 7.78. The van der Waals surface area contributed by atoms with E-state index in [1.807, 2.05) is 62.4 Å². The molecule has 6 rings (SSSR count). The lowest BCUT2D eigenvalue weighted by Gasteiger charge is -2.26. The molecule has 48 heavy (non-hydrogen) atoms. The van der Waals surface area contributed by atoms with Gasteiger partial charge in [0.05, 0.1) is 23.2 Å². The zero-order chi connectivity index (χ0) is 34.1. The van der Waals surface area contributed by atoms with Gasteiger partial charge < -0.3 is 20.3 Å². The molecule has 0 spiro atoms. The van der Waals surface area contributed by atoms with E-state index in [2.05, 4.69) is 25.7 Å². The lowest BCUT2D eigenvalue weighted by Crippen LogP contribution is -2.57. The average molecular weight is 679 g/mol. The summed E-state index contributed by atoms with van der Waals surface area (Å²) in [4.78, 5) is 59.8. The third-order valence-electron chi connectivity index (χ3n) is 9.33. The summed E-state index contributed by atoms with van der Waals surface area (Å²) in [5.41, 5.74) is 2.17. The molecule has 13 nitrogen and oxygen atoms in total. The minimum Gasteiger partial charge on any atom is -0.444 e. The molecule has 2 aromatic rings. The number of hydrogen-bond donors (Lipinski definition) is 4. The normalized spacial score (nSPS) is 26.8. The number of rotatable bonds is 6. The van der Waals surface area contributed by atoms with Crippen LogP contribution in [-0.4, -0.2) is 78.3 Å². The second-order valence-electron chi connectivity index (χ2n) is 13.2. The maximum Gasteiger partial charge on any atom is 0.411 e. The summed E-state index contributed by atoms with van der Waals surface area (Å²) in [5.74, 6) is -1.79. The van der Waals surface area contributed by atoms with Crippen molar-refractivity contribution in [2.75, 3.05) is 18.4 Å². The smallest absolute Gasteiger partial charge is 0.411 e. The summed E-state index contributed by atoms with van der Waals surface area (Å²) in [5, 5.41) is 7.88. The molecule has 2 saturated carbocycles. The number of carbonyl (C=O) groups excluding carboxylic acids is 4. The highest BCUT2D eigenvalue weighted by molar-refractivity contribution is 7.91. The second-order valence-corrected chi connectivity index (χ2v) is 15.2. The number of carbonyl (C=O) groups is 4. The van der Waals surface area contributed by atoms with Crippen molar-refractivity contribution >= 4 is 39.6 Å². The van der Waals surface area contributed by atoms with Crippen LogP contribution in [0.15, 0.2) is 48.6 Å². The topological polar surface area (TPSA) is 176 Å². The quantitative estimate of drug-likeness (QED) is 0.335. The Labute approximate surface area is 280 Å². The summed E-state index contributed by atoms with van der Waals surface area (Å²) in [6, 6.07) is 9.68. The molecule has 2 aliphatic heterocycles. The Balaban J connectivity index is 1.19. The highest BCUT2D eigenvalue weighted by atomic mass is 32.2. The lowest BCUT2D eigenvalue weighted by atomic mass is 10.1. The molecule has 5 amide bonds. The van der Waals surface area contributed by atoms with Crippen LogP contribution in [0.5, 0.6) is 0 Å². The highest BCUT2D eigenvalue weighted by Gasteiger charge is 2.62. The average Bonchev–Trinajstić information content (AvgIpc) is 3.95. The number of fused-ring (bicyclic) bond motifs is 2. The molecule has 256 valence electrons. The SMILES string of the molecule is Cc1ccc(-c2cccc(C)n2)c(NC(=O)O[C@@H]2C[C@H]3C(=O)N[C@]4(C(=O)NS(=O)(=O)C5CC5)C[C@@H]4/C=C\CCCCCNC(=O)N3C2)c1. The number of aryl methyl sites for hydroxylation is 2. The van der Waals surface area contributed by atoms with Crippen LogP contribution >= 0.6 is 0 Å². The van der Waals surface area contributed by atoms with Gasteiger partial charge in [-0.05, 0) is 76.1 Å². The van der Waals surface area contributed by atoms with Crippen LogP contribution in [0.4, 0.5) is 15.3 Å². The minimum absolute atomic E-state index is 0.00857. The van der Waals surface area contributed by atoms with Crippen LogP contribution in [0.25, 0.3) is 11.3 Å². The molecule has 4 N–H and O–H groups in total. The second kappa shape index (κ2) is 13.6. The Kier molecular flexibility index (Phi) is 9.46. The minimum atomic E-state index is -3.85. The van der Waals surface area contributed by atoms with Gasteiger partial charge in [0.15, 0.2) is 0 Å². The van der Waals surface area contributed by atoms with Gasteiger partial charge in [-0.2, -0.15) is 0 Å². The molecule has 3 fully saturated rings. The molecule has 2 aliphatic carbocycles. The summed E-state index contributed by atoms with van der Waals surface area (Å²) in [7, 11) is -3.85. The maximum absolute atomic E-state index is 13.9. The van der Waals surface area contributed by atoms with Crippen LogP contribution in [0.2, 0.25) is 0 Å². The van der Waals surface area contributed by atoms with Crippen LogP contribution in [0, 0.1) is 19.8 Å². The summed E-state index contributed by atoms with van der Waals surface area (Å²) >= 11 is 0. The van der Waals surface area contributed by atoms with Gasteiger partial charge in [-0.1, -0.05) is 36.8 Å². The molecule has 14 heteroatoms. The molecule has 0 bridgehead atoms. The van der Waals surface area contributed by atoms with Crippen molar-refractivity contribution in [2.45, 2.75) is 88.1 Å². The van der Waals surface area contributed by atoms with E-state index in [4.69, 9.17) is 4.74 Å². The van der Waals surface area contributed by atoms with E-state index >= 15 is 0 Å². The molecule has 4 aliphatic rings. The van der Waals surface area contributed by atoms with Crippen molar-refractivity contribution in [2.24, 2.45) is 5.92 Å². The van der Waals surface area contributed by atoms with Crippen molar-refractivity contribution in [3.05, 3.63) is 59.8 Å². The largest absolute Gasteiger partial charge is 0.444 e. The van der Waals surface area contributed by atoms with Gasteiger partial charge in [-0.15, -0.1) is 0 Å². The molecular formula is C34H42N6O7S. The zero-order valence-electron chi connectivity index (χ0n) is 27.2. The number of nitrogens with zero attached hydrogens (tertiary/aromatic N) is 2. The lowest BCUT2D eigenvalue weighted by molar-refractivity contribution is -0.131. The summed E-state index contributed by atoms with van der Waals surface area (Å²) < 4.78 is 33.3. The number of hydrogen-bond acceptors (Lipinski definition) is 8. The number of urea groups is 1. The van der Waals surface area contributed by atoms with Crippen molar-refractivity contribution in [1.29, 1.82) is 0 Å². The predicted octanol–water partition coefficient (Wildman–Crippen LogP) is 3.68. The fourth-order valence-electron chi connectivity index (χ4n) is 6.41. The van der Waals surface area contributed by atoms with E-state index in [9.17, 15) is 27.6 Å². The van der Waals surface area contributed by atoms with E-state index in [0.717, 1.165) is 36.9 Å². The van der Waals surface area contributed by atoms with E-state index < -0.39 is 62.8 Å². The van der Waals surface area contributed by atoms with Crippen LogP contribution < -0.4 is 20.7 Å². The first-order valence-electron chi connectivity index (χ1n) is 16.6. The van der Waals surface area contributed by atoms with Gasteiger partial charge in [-0.3, -0.25) is 24.6 Å². The number of allylic oxidation sites excluding steroid dienone is 1. The van der Waals surface area contributed by atoms with Gasteiger partial charge in [0.2, 0.25) is 15.9 Å². The molecule has 3 heterocycles. The Morgan fingerprint density at radius 1 is 1.08 bits per heavy atom. The van der Waals surface area contributed by atoms with Crippen molar-refractivity contribution in [3.63, 3.8) is 0 Å². The first kappa shape index (κ1) is 33.4. The Bertz CT molecular complexity index is 1740. The third kappa shape index (κ3) is 7.48. The molecule has 1 saturated heterocycles. The van der Waals surface area contributed by atoms with Gasteiger partial charge in [-0.25, -0.2) is 18.0 Å². The fraction of sp³-hybridized carbons (Fsp3) is 0.500. The first-order valence-corrected chi connectivity index (χ1v) is 18.1. The van der Waals surface area contributed by atoms with E-state index in [1.54, 1.807) is 0 Å². The van der Waals surface area contributed by atoms with Crippen molar-refractivity contribution in [3.8, 4) is 11.3 Å². The molecule has 0 unspecified atom stereocenters. The van der Waals surface area contributed by atoms with Crippen molar-refractivity contribution in [1.82, 2.24) is 25.2 Å². The summed E-state index contributed by atoms with van der Waals surface area (Å²) in [6.07, 6.45) is 6.69. The maximum atomic E-state index is 13.9. The van der Waals surface area contributed by atoms with E-state index in [-0.39, 0.29) is 19.4 Å². The molecule has 1 aromatic carbocycles. The van der Waals surface area contributed by atoms with E-state index in [1.165, 1.54) is 4.90 Å². The standard InChI is InChI=1S/C34H42N6O7S/c1-21-12-15-26(27-11-8-9-22(2)36-27)28(17-21)37-33(44)47-24-18-29-30(41)38-34(31(42)39-48(45,46)25-13-14-25)19-23(34)10-6-4-3-5-7-16-35-32(43)40(29)20-24/h6,8-12,15,17,23-25,29H,3-5,7,13-14,16,18-20H2,1-2H3,(H,35,43)(H,37,44)(H,38,41)(H,39,42)/b10-6-/t23-,24+,29-,34+/m0/s1. The van der Waals surface area contributed by atoms with E-state index in [0.29, 0.717) is 36.3 Å². The number of anilines is 1. The number of benzene rings is 1. The zero-order valence-corrected chi connectivity index (χ0v) is 28.0. The number of amides is 5. The predicted molar refractivity (Wildman–Crippen MR) is 178 cm³/mol. The third-order valence-corrected chi connectivity index (χ3v) is 11.2.